The third-order valence-corrected chi connectivity index (χ3v) is 2.40. The monoisotopic (exact) mass is 255 g/mol. The van der Waals surface area contributed by atoms with Gasteiger partial charge in [-0.25, -0.2) is 9.59 Å². The first kappa shape index (κ1) is 14.1. The molecule has 0 aliphatic heterocycles. The molecule has 1 aromatic rings. The van der Waals surface area contributed by atoms with Crippen molar-refractivity contribution >= 4 is 11.9 Å². The number of aliphatic hydroxyl groups excluding tert-OH is 2. The summed E-state index contributed by atoms with van der Waals surface area (Å²) in [6, 6.07) is 3.16. The van der Waals surface area contributed by atoms with Gasteiger partial charge in [-0.1, -0.05) is 0 Å². The molecule has 1 rings (SSSR count). The third kappa shape index (κ3) is 3.04. The molecule has 0 fully saturated rings. The van der Waals surface area contributed by atoms with Crippen molar-refractivity contribution in [2.75, 3.05) is 6.54 Å². The normalized spacial score (nSPS) is 13.9. The fraction of sp³-hybridized carbons (Fsp3) is 0.273. The van der Waals surface area contributed by atoms with Crippen LogP contribution >= 0.6 is 0 Å². The Morgan fingerprint density at radius 3 is 1.83 bits per heavy atom. The first-order valence-electron chi connectivity index (χ1n) is 5.04. The quantitative estimate of drug-likeness (QED) is 0.474. The highest BCUT2D eigenvalue weighted by atomic mass is 16.4. The van der Waals surface area contributed by atoms with Crippen LogP contribution in [-0.2, 0) is 0 Å². The van der Waals surface area contributed by atoms with Gasteiger partial charge in [0, 0.05) is 6.54 Å². The molecule has 6 N–H and O–H groups in total. The minimum atomic E-state index is -1.44. The van der Waals surface area contributed by atoms with E-state index in [-0.39, 0.29) is 23.2 Å². The lowest BCUT2D eigenvalue weighted by Crippen LogP contribution is -2.27. The SMILES string of the molecule is NCC(O)C(O)c1cc(C(=O)O)cc(C(=O)O)c1. The number of hydrogen-bond acceptors (Lipinski definition) is 5. The summed E-state index contributed by atoms with van der Waals surface area (Å²) in [5.74, 6) is -2.65. The maximum Gasteiger partial charge on any atom is 0.335 e. The van der Waals surface area contributed by atoms with Gasteiger partial charge in [-0.3, -0.25) is 0 Å². The Balaban J connectivity index is 3.26. The average molecular weight is 255 g/mol. The molecule has 0 heterocycles. The minimum Gasteiger partial charge on any atom is -0.478 e. The summed E-state index contributed by atoms with van der Waals surface area (Å²) in [5.41, 5.74) is 4.59. The second kappa shape index (κ2) is 5.58. The Labute approximate surface area is 102 Å². The predicted molar refractivity (Wildman–Crippen MR) is 60.4 cm³/mol. The number of carboxylic acids is 2. The second-order valence-electron chi connectivity index (χ2n) is 3.70. The summed E-state index contributed by atoms with van der Waals surface area (Å²) in [6.07, 6.45) is -2.73. The van der Waals surface area contributed by atoms with Gasteiger partial charge in [0.25, 0.3) is 0 Å². The van der Waals surface area contributed by atoms with Gasteiger partial charge in [0.15, 0.2) is 0 Å². The van der Waals surface area contributed by atoms with E-state index in [0.717, 1.165) is 18.2 Å². The van der Waals surface area contributed by atoms with Gasteiger partial charge in [-0.05, 0) is 23.8 Å². The Morgan fingerprint density at radius 1 is 1.06 bits per heavy atom. The number of hydrogen-bond donors (Lipinski definition) is 5. The van der Waals surface area contributed by atoms with Gasteiger partial charge >= 0.3 is 11.9 Å². The zero-order valence-corrected chi connectivity index (χ0v) is 9.28. The van der Waals surface area contributed by atoms with Crippen LogP contribution < -0.4 is 5.73 Å². The number of rotatable bonds is 5. The lowest BCUT2D eigenvalue weighted by Gasteiger charge is -2.17. The van der Waals surface area contributed by atoms with Crippen LogP contribution in [0, 0.1) is 0 Å². The topological polar surface area (TPSA) is 141 Å². The molecule has 0 aromatic heterocycles. The summed E-state index contributed by atoms with van der Waals surface area (Å²) >= 11 is 0. The van der Waals surface area contributed by atoms with E-state index in [2.05, 4.69) is 0 Å². The van der Waals surface area contributed by atoms with Gasteiger partial charge in [0.05, 0.1) is 17.2 Å². The highest BCUT2D eigenvalue weighted by Crippen LogP contribution is 2.20. The molecule has 0 saturated heterocycles. The van der Waals surface area contributed by atoms with Crippen LogP contribution in [0.3, 0.4) is 0 Å². The average Bonchev–Trinajstić information content (AvgIpc) is 2.36. The van der Waals surface area contributed by atoms with Gasteiger partial charge in [-0.2, -0.15) is 0 Å². The number of aromatic carboxylic acids is 2. The third-order valence-electron chi connectivity index (χ3n) is 2.40. The zero-order valence-electron chi connectivity index (χ0n) is 9.28. The molecule has 2 atom stereocenters. The minimum absolute atomic E-state index is 0.00903. The molecule has 18 heavy (non-hydrogen) atoms. The van der Waals surface area contributed by atoms with Gasteiger partial charge < -0.3 is 26.2 Å². The van der Waals surface area contributed by atoms with E-state index >= 15 is 0 Å². The smallest absolute Gasteiger partial charge is 0.335 e. The molecule has 0 aliphatic rings. The van der Waals surface area contributed by atoms with E-state index in [1.807, 2.05) is 0 Å². The maximum atomic E-state index is 10.8. The van der Waals surface area contributed by atoms with E-state index in [1.54, 1.807) is 0 Å². The first-order valence-corrected chi connectivity index (χ1v) is 5.04. The lowest BCUT2D eigenvalue weighted by molar-refractivity contribution is 0.0241. The van der Waals surface area contributed by atoms with Crippen molar-refractivity contribution in [2.24, 2.45) is 5.73 Å². The highest BCUT2D eigenvalue weighted by molar-refractivity contribution is 5.94. The summed E-state index contributed by atoms with van der Waals surface area (Å²) in [7, 11) is 0. The molecule has 7 heteroatoms. The second-order valence-corrected chi connectivity index (χ2v) is 3.70. The summed E-state index contributed by atoms with van der Waals surface area (Å²) < 4.78 is 0. The number of aliphatic hydroxyl groups is 2. The van der Waals surface area contributed by atoms with E-state index < -0.39 is 24.1 Å². The fourth-order valence-electron chi connectivity index (χ4n) is 1.42. The van der Waals surface area contributed by atoms with Gasteiger partial charge in [0.1, 0.15) is 6.10 Å². The Kier molecular flexibility index (Phi) is 4.38. The molecule has 0 bridgehead atoms. The number of carbonyl (C=O) groups is 2. The van der Waals surface area contributed by atoms with Crippen molar-refractivity contribution in [1.29, 1.82) is 0 Å². The van der Waals surface area contributed by atoms with E-state index in [4.69, 9.17) is 15.9 Å². The van der Waals surface area contributed by atoms with Crippen LogP contribution in [0.5, 0.6) is 0 Å². The van der Waals surface area contributed by atoms with Crippen molar-refractivity contribution in [3.05, 3.63) is 34.9 Å². The number of carboxylic acid groups (broad SMARTS) is 2. The van der Waals surface area contributed by atoms with Crippen LogP contribution in [0.1, 0.15) is 32.4 Å². The maximum absolute atomic E-state index is 10.8. The van der Waals surface area contributed by atoms with Crippen LogP contribution in [-0.4, -0.2) is 45.0 Å². The lowest BCUT2D eigenvalue weighted by atomic mass is 9.99. The molecule has 7 nitrogen and oxygen atoms in total. The Bertz CT molecular complexity index is 440. The number of nitrogens with two attached hydrogens (primary N) is 1. The van der Waals surface area contributed by atoms with Gasteiger partial charge in [0.2, 0.25) is 0 Å². The van der Waals surface area contributed by atoms with Crippen LogP contribution in [0.15, 0.2) is 18.2 Å². The van der Waals surface area contributed by atoms with Crippen molar-refractivity contribution in [2.45, 2.75) is 12.2 Å². The Morgan fingerprint density at radius 2 is 1.50 bits per heavy atom. The van der Waals surface area contributed by atoms with E-state index in [0.29, 0.717) is 0 Å². The molecule has 1 aromatic carbocycles. The molecule has 0 spiro atoms. The molecule has 0 aliphatic carbocycles. The first-order chi connectivity index (χ1) is 8.36. The fourth-order valence-corrected chi connectivity index (χ4v) is 1.42. The standard InChI is InChI=1S/C11H13NO6/c12-4-8(13)9(14)5-1-6(10(15)16)3-7(2-5)11(17)18/h1-3,8-9,13-14H,4,12H2,(H,15,16)(H,17,18). The summed E-state index contributed by atoms with van der Waals surface area (Å²) in [5, 5.41) is 36.7. The van der Waals surface area contributed by atoms with Crippen molar-refractivity contribution in [3.63, 3.8) is 0 Å². The molecule has 2 unspecified atom stereocenters. The van der Waals surface area contributed by atoms with Crippen LogP contribution in [0.2, 0.25) is 0 Å². The molecule has 0 amide bonds. The van der Waals surface area contributed by atoms with E-state index in [1.165, 1.54) is 0 Å². The summed E-state index contributed by atoms with van der Waals surface area (Å²) in [6.45, 7) is -0.235. The van der Waals surface area contributed by atoms with Crippen molar-refractivity contribution in [1.82, 2.24) is 0 Å². The van der Waals surface area contributed by atoms with Crippen LogP contribution in [0.4, 0.5) is 0 Å². The summed E-state index contributed by atoms with van der Waals surface area (Å²) in [4.78, 5) is 21.7. The van der Waals surface area contributed by atoms with Crippen molar-refractivity contribution < 1.29 is 30.0 Å². The Hall–Kier alpha value is -1.96. The molecular weight excluding hydrogens is 242 g/mol. The largest absolute Gasteiger partial charge is 0.478 e. The van der Waals surface area contributed by atoms with Crippen LogP contribution in [0.25, 0.3) is 0 Å². The molecule has 0 radical (unpaired) electrons. The molecular formula is C11H13NO6. The highest BCUT2D eigenvalue weighted by Gasteiger charge is 2.20. The molecule has 0 saturated carbocycles. The predicted octanol–water partition coefficient (Wildman–Crippen LogP) is -0.564. The zero-order chi connectivity index (χ0) is 13.9. The van der Waals surface area contributed by atoms with E-state index in [9.17, 15) is 19.8 Å². The van der Waals surface area contributed by atoms with Crippen molar-refractivity contribution in [3.8, 4) is 0 Å². The number of benzene rings is 1. The van der Waals surface area contributed by atoms with Gasteiger partial charge in [-0.15, -0.1) is 0 Å². The molecule has 98 valence electrons.